The number of rotatable bonds is 9. The summed E-state index contributed by atoms with van der Waals surface area (Å²) >= 11 is 0. The number of hydrogen-bond acceptors (Lipinski definition) is 3. The van der Waals surface area contributed by atoms with E-state index in [0.717, 1.165) is 32.1 Å². The number of carboxylic acids is 1. The second kappa shape index (κ2) is 6.89. The Morgan fingerprint density at radius 3 is 2.47 bits per heavy atom. The number of carbonyl (C=O) groups excluding carboxylic acids is 1. The van der Waals surface area contributed by atoms with Crippen molar-refractivity contribution in [2.45, 2.75) is 57.9 Å². The lowest BCUT2D eigenvalue weighted by Crippen LogP contribution is -2.54. The molecule has 4 N–H and O–H groups in total. The molecule has 1 amide bonds. The second-order valence-corrected chi connectivity index (χ2v) is 5.72. The van der Waals surface area contributed by atoms with Crippen LogP contribution in [0.2, 0.25) is 0 Å². The Bertz CT molecular complexity index is 329. The van der Waals surface area contributed by atoms with E-state index in [9.17, 15) is 14.7 Å². The Morgan fingerprint density at radius 2 is 2.05 bits per heavy atom. The summed E-state index contributed by atoms with van der Waals surface area (Å²) < 4.78 is 0. The molecule has 0 saturated heterocycles. The summed E-state index contributed by atoms with van der Waals surface area (Å²) in [4.78, 5) is 23.2. The first-order valence-electron chi connectivity index (χ1n) is 7.18. The molecule has 0 aromatic rings. The molecule has 19 heavy (non-hydrogen) atoms. The lowest BCUT2D eigenvalue weighted by Gasteiger charge is -2.26. The lowest BCUT2D eigenvalue weighted by atomic mass is 9.94. The van der Waals surface area contributed by atoms with Crippen molar-refractivity contribution in [3.8, 4) is 0 Å². The van der Waals surface area contributed by atoms with Gasteiger partial charge in [-0.15, -0.1) is 0 Å². The number of amides is 1. The van der Waals surface area contributed by atoms with Crippen LogP contribution in [0.3, 0.4) is 0 Å². The predicted octanol–water partition coefficient (Wildman–Crippen LogP) is 1.51. The number of carboxylic acid groups (broad SMARTS) is 1. The topological polar surface area (TPSA) is 92.4 Å². The Kier molecular flexibility index (Phi) is 5.79. The van der Waals surface area contributed by atoms with Crippen molar-refractivity contribution in [1.82, 2.24) is 5.32 Å². The Labute approximate surface area is 114 Å². The van der Waals surface area contributed by atoms with E-state index in [1.54, 1.807) is 6.92 Å². The minimum absolute atomic E-state index is 0.0833. The lowest BCUT2D eigenvalue weighted by molar-refractivity contribution is -0.148. The van der Waals surface area contributed by atoms with Crippen molar-refractivity contribution >= 4 is 11.9 Å². The van der Waals surface area contributed by atoms with Gasteiger partial charge in [-0.3, -0.25) is 4.79 Å². The maximum absolute atomic E-state index is 11.9. The standard InChI is InChI=1S/C14H26N2O3/c1-3-10(8-9-15)4-7-12(17)16-14(2,13(18)19)11-5-6-11/h10-11H,3-9,15H2,1-2H3,(H,16,17)(H,18,19). The van der Waals surface area contributed by atoms with Crippen LogP contribution >= 0.6 is 0 Å². The number of nitrogens with two attached hydrogens (primary N) is 1. The van der Waals surface area contributed by atoms with E-state index in [1.807, 2.05) is 0 Å². The highest BCUT2D eigenvalue weighted by molar-refractivity contribution is 5.87. The first-order valence-corrected chi connectivity index (χ1v) is 7.18. The van der Waals surface area contributed by atoms with Gasteiger partial charge in [0, 0.05) is 6.42 Å². The van der Waals surface area contributed by atoms with Crippen LogP contribution in [-0.2, 0) is 9.59 Å². The third-order valence-corrected chi connectivity index (χ3v) is 4.17. The summed E-state index contributed by atoms with van der Waals surface area (Å²) in [6.07, 6.45) is 4.85. The first kappa shape index (κ1) is 16.0. The molecule has 0 aliphatic heterocycles. The maximum atomic E-state index is 11.9. The molecule has 0 aromatic heterocycles. The third-order valence-electron chi connectivity index (χ3n) is 4.17. The van der Waals surface area contributed by atoms with Crippen LogP contribution in [0.1, 0.15) is 52.4 Å². The van der Waals surface area contributed by atoms with Crippen molar-refractivity contribution in [2.24, 2.45) is 17.6 Å². The van der Waals surface area contributed by atoms with E-state index in [1.165, 1.54) is 0 Å². The molecule has 5 heteroatoms. The van der Waals surface area contributed by atoms with Crippen molar-refractivity contribution in [3.05, 3.63) is 0 Å². The molecular weight excluding hydrogens is 244 g/mol. The zero-order chi connectivity index (χ0) is 14.5. The van der Waals surface area contributed by atoms with Gasteiger partial charge < -0.3 is 16.2 Å². The molecule has 2 unspecified atom stereocenters. The summed E-state index contributed by atoms with van der Waals surface area (Å²) in [5.41, 5.74) is 4.43. The van der Waals surface area contributed by atoms with Crippen LogP contribution in [0.5, 0.6) is 0 Å². The fourth-order valence-corrected chi connectivity index (χ4v) is 2.47. The minimum Gasteiger partial charge on any atom is -0.480 e. The first-order chi connectivity index (χ1) is 8.93. The van der Waals surface area contributed by atoms with Crippen molar-refractivity contribution in [1.29, 1.82) is 0 Å². The highest BCUT2D eigenvalue weighted by atomic mass is 16.4. The minimum atomic E-state index is -1.09. The van der Waals surface area contributed by atoms with Gasteiger partial charge in [0.25, 0.3) is 0 Å². The smallest absolute Gasteiger partial charge is 0.329 e. The molecule has 110 valence electrons. The van der Waals surface area contributed by atoms with Crippen molar-refractivity contribution < 1.29 is 14.7 Å². The number of hydrogen-bond donors (Lipinski definition) is 3. The van der Waals surface area contributed by atoms with Gasteiger partial charge in [0.15, 0.2) is 0 Å². The summed E-state index contributed by atoms with van der Waals surface area (Å²) in [5.74, 6) is -0.558. The second-order valence-electron chi connectivity index (χ2n) is 5.72. The number of carbonyl (C=O) groups is 2. The van der Waals surface area contributed by atoms with E-state index in [0.29, 0.717) is 18.9 Å². The zero-order valence-electron chi connectivity index (χ0n) is 11.9. The van der Waals surface area contributed by atoms with Crippen molar-refractivity contribution in [3.63, 3.8) is 0 Å². The summed E-state index contributed by atoms with van der Waals surface area (Å²) in [6, 6.07) is 0. The highest BCUT2D eigenvalue weighted by Crippen LogP contribution is 2.39. The van der Waals surface area contributed by atoms with Gasteiger partial charge in [-0.05, 0) is 51.0 Å². The van der Waals surface area contributed by atoms with E-state index in [-0.39, 0.29) is 11.8 Å². The molecule has 1 aliphatic carbocycles. The van der Waals surface area contributed by atoms with Crippen LogP contribution in [0, 0.1) is 11.8 Å². The van der Waals surface area contributed by atoms with E-state index < -0.39 is 11.5 Å². The monoisotopic (exact) mass is 270 g/mol. The molecule has 1 fully saturated rings. The maximum Gasteiger partial charge on any atom is 0.329 e. The van der Waals surface area contributed by atoms with Crippen LogP contribution in [0.25, 0.3) is 0 Å². The fraction of sp³-hybridized carbons (Fsp3) is 0.857. The van der Waals surface area contributed by atoms with E-state index in [2.05, 4.69) is 12.2 Å². The summed E-state index contributed by atoms with van der Waals surface area (Å²) in [5, 5.41) is 12.0. The molecule has 1 aliphatic rings. The van der Waals surface area contributed by atoms with Crippen LogP contribution in [0.15, 0.2) is 0 Å². The Hall–Kier alpha value is -1.10. The van der Waals surface area contributed by atoms with Crippen molar-refractivity contribution in [2.75, 3.05) is 6.54 Å². The van der Waals surface area contributed by atoms with Gasteiger partial charge in [-0.2, -0.15) is 0 Å². The van der Waals surface area contributed by atoms with Gasteiger partial charge in [0.1, 0.15) is 5.54 Å². The average Bonchev–Trinajstić information content (AvgIpc) is 3.18. The third kappa shape index (κ3) is 4.49. The zero-order valence-corrected chi connectivity index (χ0v) is 11.9. The Balaban J connectivity index is 2.43. The normalized spacial score (nSPS) is 19.5. The van der Waals surface area contributed by atoms with Crippen LogP contribution in [-0.4, -0.2) is 29.1 Å². The molecule has 5 nitrogen and oxygen atoms in total. The fourth-order valence-electron chi connectivity index (χ4n) is 2.47. The van der Waals surface area contributed by atoms with Gasteiger partial charge in [-0.1, -0.05) is 13.3 Å². The Morgan fingerprint density at radius 1 is 1.42 bits per heavy atom. The quantitative estimate of drug-likeness (QED) is 0.592. The highest BCUT2D eigenvalue weighted by Gasteiger charge is 2.48. The molecule has 1 rings (SSSR count). The number of aliphatic carboxylic acids is 1. The van der Waals surface area contributed by atoms with Crippen LogP contribution < -0.4 is 11.1 Å². The largest absolute Gasteiger partial charge is 0.480 e. The van der Waals surface area contributed by atoms with E-state index >= 15 is 0 Å². The molecule has 0 bridgehead atoms. The predicted molar refractivity (Wildman–Crippen MR) is 73.6 cm³/mol. The van der Waals surface area contributed by atoms with Gasteiger partial charge in [-0.25, -0.2) is 4.79 Å². The molecule has 0 aromatic carbocycles. The van der Waals surface area contributed by atoms with Gasteiger partial charge in [0.05, 0.1) is 0 Å². The average molecular weight is 270 g/mol. The number of nitrogens with one attached hydrogen (secondary N) is 1. The van der Waals surface area contributed by atoms with Gasteiger partial charge >= 0.3 is 5.97 Å². The molecule has 0 radical (unpaired) electrons. The van der Waals surface area contributed by atoms with E-state index in [4.69, 9.17) is 5.73 Å². The van der Waals surface area contributed by atoms with Gasteiger partial charge in [0.2, 0.25) is 5.91 Å². The SMILES string of the molecule is CCC(CCN)CCC(=O)NC(C)(C(=O)O)C1CC1. The molecule has 2 atom stereocenters. The summed E-state index contributed by atoms with van der Waals surface area (Å²) in [7, 11) is 0. The molecule has 0 heterocycles. The molecular formula is C14H26N2O3. The van der Waals surface area contributed by atoms with Crippen LogP contribution in [0.4, 0.5) is 0 Å². The molecule has 1 saturated carbocycles. The summed E-state index contributed by atoms with van der Waals surface area (Å²) in [6.45, 7) is 4.33. The molecule has 0 spiro atoms.